The molecule has 12 nitrogen and oxygen atoms in total. The summed E-state index contributed by atoms with van der Waals surface area (Å²) in [5.41, 5.74) is 6.70. The van der Waals surface area contributed by atoms with Crippen LogP contribution in [0.5, 0.6) is 17.4 Å². The maximum absolute atomic E-state index is 14.0. The van der Waals surface area contributed by atoms with Gasteiger partial charge < -0.3 is 24.1 Å². The summed E-state index contributed by atoms with van der Waals surface area (Å²) in [5.74, 6) is 0.460. The Labute approximate surface area is 363 Å². The maximum Gasteiger partial charge on any atom is 0.268 e. The lowest BCUT2D eigenvalue weighted by molar-refractivity contribution is 0.0488. The lowest BCUT2D eigenvalue weighted by atomic mass is 9.72. The summed E-state index contributed by atoms with van der Waals surface area (Å²) in [5, 5.41) is 1.58. The van der Waals surface area contributed by atoms with Gasteiger partial charge in [0.2, 0.25) is 5.88 Å². The summed E-state index contributed by atoms with van der Waals surface area (Å²) in [7, 11) is -4.34. The van der Waals surface area contributed by atoms with E-state index in [0.29, 0.717) is 48.6 Å². The molecule has 0 spiro atoms. The Hall–Kier alpha value is -4.95. The molecule has 2 aliphatic heterocycles. The molecular weight excluding hydrogens is 812 g/mol. The van der Waals surface area contributed by atoms with E-state index >= 15 is 0 Å². The molecule has 2 fully saturated rings. The summed E-state index contributed by atoms with van der Waals surface area (Å²) in [6.07, 6.45) is 9.68. The number of aromatic amines is 1. The molecule has 0 atom stereocenters. The number of carbonyl (C=O) groups is 1. The van der Waals surface area contributed by atoms with Crippen molar-refractivity contribution >= 4 is 49.8 Å². The lowest BCUT2D eigenvalue weighted by Crippen LogP contribution is -2.47. The third-order valence-corrected chi connectivity index (χ3v) is 13.7. The predicted octanol–water partition coefficient (Wildman–Crippen LogP) is 9.24. The van der Waals surface area contributed by atoms with Gasteiger partial charge >= 0.3 is 0 Å². The second kappa shape index (κ2) is 18.2. The molecule has 3 aliphatic rings. The lowest BCUT2D eigenvalue weighted by Gasteiger charge is -2.39. The van der Waals surface area contributed by atoms with Crippen molar-refractivity contribution in [1.29, 1.82) is 0 Å². The molecule has 1 aliphatic carbocycles. The molecule has 14 heteroatoms. The SMILES string of the molecule is CC(C)c1cc(S(=O)(=O)NC(=O)c2ccc(N3CCN(CC4=C(c5ccc(Cl)cc5)CC(C)(C)CC4)CC3)cc2Oc2cnc3[nH]ccc3c2)cnc1OCC1CCOCC1. The number of aromatic nitrogens is 3. The van der Waals surface area contributed by atoms with E-state index in [9.17, 15) is 13.2 Å². The highest BCUT2D eigenvalue weighted by molar-refractivity contribution is 7.90. The third-order valence-electron chi connectivity index (χ3n) is 12.2. The molecule has 0 radical (unpaired) electrons. The number of rotatable bonds is 13. The second-order valence-electron chi connectivity index (χ2n) is 17.6. The summed E-state index contributed by atoms with van der Waals surface area (Å²) < 4.78 is 47.9. The van der Waals surface area contributed by atoms with Crippen LogP contribution in [0.3, 0.4) is 0 Å². The Bertz CT molecular complexity index is 2510. The molecule has 61 heavy (non-hydrogen) atoms. The maximum atomic E-state index is 14.0. The number of anilines is 1. The van der Waals surface area contributed by atoms with Crippen molar-refractivity contribution in [2.24, 2.45) is 11.3 Å². The van der Waals surface area contributed by atoms with Gasteiger partial charge in [0, 0.05) is 79.9 Å². The summed E-state index contributed by atoms with van der Waals surface area (Å²) in [6, 6.07) is 18.8. The Morgan fingerprint density at radius 2 is 1.77 bits per heavy atom. The number of carbonyl (C=O) groups excluding carboxylic acids is 1. The third kappa shape index (κ3) is 10.2. The van der Waals surface area contributed by atoms with Crippen LogP contribution in [0.1, 0.15) is 87.2 Å². The fourth-order valence-electron chi connectivity index (χ4n) is 8.46. The van der Waals surface area contributed by atoms with Crippen LogP contribution >= 0.6 is 11.6 Å². The number of allylic oxidation sites excluding steroid dienone is 1. The normalized spacial score (nSPS) is 17.8. The zero-order valence-corrected chi connectivity index (χ0v) is 36.9. The molecular formula is C47H55ClN6O6S. The Kier molecular flexibility index (Phi) is 12.7. The van der Waals surface area contributed by atoms with E-state index in [2.05, 4.69) is 55.5 Å². The smallest absolute Gasteiger partial charge is 0.268 e. The molecule has 2 aromatic carbocycles. The highest BCUT2D eigenvalue weighted by atomic mass is 35.5. The van der Waals surface area contributed by atoms with Crippen LogP contribution in [0, 0.1) is 11.3 Å². The molecule has 1 amide bonds. The molecule has 5 aromatic rings. The van der Waals surface area contributed by atoms with Crippen molar-refractivity contribution in [3.63, 3.8) is 0 Å². The number of pyridine rings is 2. The van der Waals surface area contributed by atoms with E-state index in [-0.39, 0.29) is 27.5 Å². The first kappa shape index (κ1) is 42.7. The first-order valence-corrected chi connectivity index (χ1v) is 23.1. The number of nitrogens with zero attached hydrogens (tertiary/aromatic N) is 4. The van der Waals surface area contributed by atoms with Gasteiger partial charge in [-0.25, -0.2) is 23.1 Å². The largest absolute Gasteiger partial charge is 0.477 e. The van der Waals surface area contributed by atoms with Crippen LogP contribution in [0.25, 0.3) is 16.6 Å². The number of nitrogens with one attached hydrogen (secondary N) is 2. The number of benzene rings is 2. The number of H-pyrrole nitrogens is 1. The number of sulfonamides is 1. The van der Waals surface area contributed by atoms with E-state index in [1.807, 2.05) is 50.2 Å². The Morgan fingerprint density at radius 1 is 1.00 bits per heavy atom. The van der Waals surface area contributed by atoms with Gasteiger partial charge in [-0.15, -0.1) is 0 Å². The Balaban J connectivity index is 1.00. The van der Waals surface area contributed by atoms with E-state index in [1.165, 1.54) is 29.0 Å². The molecule has 5 heterocycles. The van der Waals surface area contributed by atoms with Crippen molar-refractivity contribution in [2.45, 2.75) is 70.6 Å². The monoisotopic (exact) mass is 866 g/mol. The van der Waals surface area contributed by atoms with Crippen molar-refractivity contribution in [3.8, 4) is 17.4 Å². The standard InChI is InChI=1S/C47H55ClN6O6S/c1-31(2)41-25-39(28-51-46(41)59-30-32-13-21-58-22-14-32)61(56,57)52-45(55)40-10-9-37(24-43(40)60-38-23-34-12-16-49-44(34)50-27-38)54-19-17-53(18-20-54)29-35-11-15-47(3,4)26-42(35)33-5-7-36(48)8-6-33/h5-10,12,16,23-25,27-28,31-32H,11,13-15,17-22,26,29-30H2,1-4H3,(H,49,50)(H,52,55). The van der Waals surface area contributed by atoms with Crippen LogP contribution in [0.15, 0.2) is 89.7 Å². The molecule has 0 unspecified atom stereocenters. The average Bonchev–Trinajstić information content (AvgIpc) is 3.72. The number of piperazine rings is 1. The Morgan fingerprint density at radius 3 is 2.52 bits per heavy atom. The molecule has 2 N–H and O–H groups in total. The highest BCUT2D eigenvalue weighted by Crippen LogP contribution is 2.43. The molecule has 0 saturated carbocycles. The number of hydrogen-bond donors (Lipinski definition) is 2. The van der Waals surface area contributed by atoms with Gasteiger partial charge in [-0.05, 0) is 103 Å². The molecule has 2 saturated heterocycles. The molecule has 0 bridgehead atoms. The first-order chi connectivity index (χ1) is 29.3. The number of ether oxygens (including phenoxy) is 3. The van der Waals surface area contributed by atoms with Crippen LogP contribution in [0.4, 0.5) is 5.69 Å². The fourth-order valence-corrected chi connectivity index (χ4v) is 9.53. The van der Waals surface area contributed by atoms with E-state index in [1.54, 1.807) is 18.5 Å². The molecule has 322 valence electrons. The zero-order chi connectivity index (χ0) is 42.7. The fraction of sp³-hybridized carbons (Fsp3) is 0.426. The van der Waals surface area contributed by atoms with Crippen molar-refractivity contribution in [2.75, 3.05) is 57.4 Å². The predicted molar refractivity (Wildman–Crippen MR) is 239 cm³/mol. The van der Waals surface area contributed by atoms with Gasteiger partial charge in [-0.2, -0.15) is 0 Å². The van der Waals surface area contributed by atoms with Crippen LogP contribution in [-0.4, -0.2) is 86.7 Å². The van der Waals surface area contributed by atoms with E-state index in [4.69, 9.17) is 25.8 Å². The van der Waals surface area contributed by atoms with Gasteiger partial charge in [-0.3, -0.25) is 9.69 Å². The first-order valence-electron chi connectivity index (χ1n) is 21.3. The van der Waals surface area contributed by atoms with Crippen LogP contribution < -0.4 is 19.1 Å². The van der Waals surface area contributed by atoms with Gasteiger partial charge in [0.15, 0.2) is 0 Å². The number of amides is 1. The van der Waals surface area contributed by atoms with Crippen molar-refractivity contribution in [3.05, 3.63) is 107 Å². The minimum absolute atomic E-state index is 0.0653. The average molecular weight is 868 g/mol. The number of hydrogen-bond acceptors (Lipinski definition) is 10. The van der Waals surface area contributed by atoms with E-state index in [0.717, 1.165) is 80.9 Å². The minimum Gasteiger partial charge on any atom is -0.477 e. The zero-order valence-electron chi connectivity index (χ0n) is 35.4. The second-order valence-corrected chi connectivity index (χ2v) is 19.7. The number of halogens is 1. The van der Waals surface area contributed by atoms with Gasteiger partial charge in [0.25, 0.3) is 15.9 Å². The molecule has 8 rings (SSSR count). The van der Waals surface area contributed by atoms with Crippen molar-refractivity contribution in [1.82, 2.24) is 24.6 Å². The summed E-state index contributed by atoms with van der Waals surface area (Å²) in [4.78, 5) is 30.6. The summed E-state index contributed by atoms with van der Waals surface area (Å²) in [6.45, 7) is 14.6. The summed E-state index contributed by atoms with van der Waals surface area (Å²) >= 11 is 6.25. The number of fused-ring (bicyclic) bond motifs is 1. The van der Waals surface area contributed by atoms with E-state index < -0.39 is 15.9 Å². The van der Waals surface area contributed by atoms with Crippen molar-refractivity contribution < 1.29 is 27.4 Å². The minimum atomic E-state index is -4.34. The van der Waals surface area contributed by atoms with Crippen LogP contribution in [0.2, 0.25) is 5.02 Å². The topological polar surface area (TPSA) is 139 Å². The van der Waals surface area contributed by atoms with Gasteiger partial charge in [0.1, 0.15) is 22.0 Å². The quantitative estimate of drug-likeness (QED) is 0.118. The molecule has 3 aromatic heterocycles. The van der Waals surface area contributed by atoms with Gasteiger partial charge in [-0.1, -0.05) is 57.0 Å². The highest BCUT2D eigenvalue weighted by Gasteiger charge is 2.30. The van der Waals surface area contributed by atoms with Crippen LogP contribution in [-0.2, 0) is 14.8 Å². The van der Waals surface area contributed by atoms with Gasteiger partial charge in [0.05, 0.1) is 24.6 Å².